The quantitative estimate of drug-likeness (QED) is 0.574. The Morgan fingerprint density at radius 3 is 2.66 bits per heavy atom. The molecule has 29 heavy (non-hydrogen) atoms. The molecule has 0 atom stereocenters. The van der Waals surface area contributed by atoms with E-state index in [2.05, 4.69) is 15.6 Å². The molecular weight excluding hydrogens is 392 g/mol. The van der Waals surface area contributed by atoms with E-state index < -0.39 is 0 Å². The number of amides is 3. The minimum absolute atomic E-state index is 0.0230. The Bertz CT molecular complexity index is 851. The summed E-state index contributed by atoms with van der Waals surface area (Å²) in [4.78, 5) is 42.9. The lowest BCUT2D eigenvalue weighted by Gasteiger charge is -2.21. The molecule has 0 aliphatic heterocycles. The SMILES string of the molecule is COCCNC(=O)Cc1csc(NC(=O)CN(C(=O)c2ccccc2)C2CC2)n1. The lowest BCUT2D eigenvalue weighted by Crippen LogP contribution is -2.39. The average molecular weight is 417 g/mol. The second-order valence-corrected chi connectivity index (χ2v) is 7.60. The molecule has 1 aromatic carbocycles. The molecule has 1 aliphatic carbocycles. The molecule has 0 bridgehead atoms. The monoisotopic (exact) mass is 416 g/mol. The normalized spacial score (nSPS) is 13.0. The van der Waals surface area contributed by atoms with Crippen molar-refractivity contribution in [2.45, 2.75) is 25.3 Å². The van der Waals surface area contributed by atoms with Crippen LogP contribution in [-0.2, 0) is 20.7 Å². The number of carbonyl (C=O) groups excluding carboxylic acids is 3. The van der Waals surface area contributed by atoms with Gasteiger partial charge in [-0.3, -0.25) is 14.4 Å². The van der Waals surface area contributed by atoms with E-state index in [0.29, 0.717) is 29.5 Å². The van der Waals surface area contributed by atoms with Gasteiger partial charge >= 0.3 is 0 Å². The van der Waals surface area contributed by atoms with Crippen LogP contribution in [0.15, 0.2) is 35.7 Å². The van der Waals surface area contributed by atoms with Crippen LogP contribution >= 0.6 is 11.3 Å². The maximum Gasteiger partial charge on any atom is 0.254 e. The first-order valence-electron chi connectivity index (χ1n) is 9.42. The van der Waals surface area contributed by atoms with Gasteiger partial charge in [0.1, 0.15) is 6.54 Å². The number of methoxy groups -OCH3 is 1. The molecule has 1 aromatic heterocycles. The topological polar surface area (TPSA) is 101 Å². The third-order valence-electron chi connectivity index (χ3n) is 4.35. The number of nitrogens with one attached hydrogen (secondary N) is 2. The van der Waals surface area contributed by atoms with E-state index >= 15 is 0 Å². The predicted molar refractivity (Wildman–Crippen MR) is 110 cm³/mol. The summed E-state index contributed by atoms with van der Waals surface area (Å²) in [6.07, 6.45) is 1.95. The van der Waals surface area contributed by atoms with Crippen molar-refractivity contribution >= 4 is 34.2 Å². The molecule has 1 fully saturated rings. The minimum atomic E-state index is -0.299. The number of anilines is 1. The van der Waals surface area contributed by atoms with Crippen molar-refractivity contribution in [3.8, 4) is 0 Å². The summed E-state index contributed by atoms with van der Waals surface area (Å²) in [6.45, 7) is 0.865. The zero-order valence-corrected chi connectivity index (χ0v) is 17.0. The van der Waals surface area contributed by atoms with Crippen LogP contribution in [-0.4, -0.2) is 60.5 Å². The van der Waals surface area contributed by atoms with E-state index in [0.717, 1.165) is 12.8 Å². The number of benzene rings is 1. The molecule has 3 amide bonds. The second-order valence-electron chi connectivity index (χ2n) is 6.74. The number of nitrogens with zero attached hydrogens (tertiary/aromatic N) is 2. The van der Waals surface area contributed by atoms with Gasteiger partial charge in [-0.1, -0.05) is 18.2 Å². The molecule has 1 aliphatic rings. The smallest absolute Gasteiger partial charge is 0.254 e. The molecule has 2 N–H and O–H groups in total. The molecule has 1 heterocycles. The average Bonchev–Trinajstić information content (AvgIpc) is 3.47. The Labute approximate surface area is 173 Å². The molecule has 3 rings (SSSR count). The van der Waals surface area contributed by atoms with Gasteiger partial charge in [-0.05, 0) is 25.0 Å². The van der Waals surface area contributed by atoms with Gasteiger partial charge in [-0.25, -0.2) is 4.98 Å². The van der Waals surface area contributed by atoms with Crippen molar-refractivity contribution in [2.75, 3.05) is 32.1 Å². The first-order chi connectivity index (χ1) is 14.1. The molecule has 154 valence electrons. The van der Waals surface area contributed by atoms with Gasteiger partial charge in [0, 0.05) is 30.6 Å². The zero-order valence-electron chi connectivity index (χ0n) is 16.2. The van der Waals surface area contributed by atoms with Gasteiger partial charge < -0.3 is 20.3 Å². The summed E-state index contributed by atoms with van der Waals surface area (Å²) >= 11 is 1.25. The van der Waals surface area contributed by atoms with Gasteiger partial charge in [0.2, 0.25) is 11.8 Å². The largest absolute Gasteiger partial charge is 0.383 e. The molecule has 9 heteroatoms. The van der Waals surface area contributed by atoms with Crippen LogP contribution in [0.3, 0.4) is 0 Å². The van der Waals surface area contributed by atoms with E-state index in [1.807, 2.05) is 6.07 Å². The fourth-order valence-corrected chi connectivity index (χ4v) is 3.50. The number of thiazole rings is 1. The predicted octanol–water partition coefficient (Wildman–Crippen LogP) is 1.69. The van der Waals surface area contributed by atoms with Crippen molar-refractivity contribution in [1.82, 2.24) is 15.2 Å². The maximum absolute atomic E-state index is 12.7. The van der Waals surface area contributed by atoms with Crippen molar-refractivity contribution in [3.63, 3.8) is 0 Å². The highest BCUT2D eigenvalue weighted by atomic mass is 32.1. The third kappa shape index (κ3) is 6.37. The third-order valence-corrected chi connectivity index (χ3v) is 5.16. The minimum Gasteiger partial charge on any atom is -0.383 e. The molecule has 8 nitrogen and oxygen atoms in total. The van der Waals surface area contributed by atoms with Crippen LogP contribution in [0.1, 0.15) is 28.9 Å². The first kappa shape index (κ1) is 20.9. The van der Waals surface area contributed by atoms with Crippen molar-refractivity contribution in [2.24, 2.45) is 0 Å². The van der Waals surface area contributed by atoms with Crippen LogP contribution in [0.4, 0.5) is 5.13 Å². The van der Waals surface area contributed by atoms with Gasteiger partial charge in [0.25, 0.3) is 5.91 Å². The van der Waals surface area contributed by atoms with Crippen LogP contribution in [0.5, 0.6) is 0 Å². The number of ether oxygens (including phenoxy) is 1. The number of hydrogen-bond acceptors (Lipinski definition) is 6. The second kappa shape index (κ2) is 10.1. The maximum atomic E-state index is 12.7. The molecule has 0 unspecified atom stereocenters. The van der Waals surface area contributed by atoms with Crippen LogP contribution in [0, 0.1) is 0 Å². The first-order valence-corrected chi connectivity index (χ1v) is 10.3. The Balaban J connectivity index is 1.52. The Hall–Kier alpha value is -2.78. The van der Waals surface area contributed by atoms with Gasteiger partial charge in [0.15, 0.2) is 5.13 Å². The Kier molecular flexibility index (Phi) is 7.31. The zero-order chi connectivity index (χ0) is 20.6. The Morgan fingerprint density at radius 1 is 1.21 bits per heavy atom. The lowest BCUT2D eigenvalue weighted by atomic mass is 10.2. The summed E-state index contributed by atoms with van der Waals surface area (Å²) < 4.78 is 4.88. The summed E-state index contributed by atoms with van der Waals surface area (Å²) in [5.74, 6) is -0.596. The standard InChI is InChI=1S/C20H24N4O4S/c1-28-10-9-21-17(25)11-15-13-29-20(22-15)23-18(26)12-24(16-7-8-16)19(27)14-5-3-2-4-6-14/h2-6,13,16H,7-12H2,1H3,(H,21,25)(H,22,23,26). The number of hydrogen-bond donors (Lipinski definition) is 2. The van der Waals surface area contributed by atoms with E-state index in [9.17, 15) is 14.4 Å². The van der Waals surface area contributed by atoms with E-state index in [1.54, 1.807) is 41.7 Å². The van der Waals surface area contributed by atoms with Crippen LogP contribution < -0.4 is 10.6 Å². The molecular formula is C20H24N4O4S. The highest BCUT2D eigenvalue weighted by Crippen LogP contribution is 2.28. The lowest BCUT2D eigenvalue weighted by molar-refractivity contribution is -0.120. The van der Waals surface area contributed by atoms with E-state index in [1.165, 1.54) is 11.3 Å². The van der Waals surface area contributed by atoms with Gasteiger partial charge in [-0.2, -0.15) is 0 Å². The summed E-state index contributed by atoms with van der Waals surface area (Å²) in [5, 5.41) is 7.60. The summed E-state index contributed by atoms with van der Waals surface area (Å²) in [6, 6.07) is 9.07. The van der Waals surface area contributed by atoms with E-state index in [4.69, 9.17) is 4.74 Å². The van der Waals surface area contributed by atoms with Crippen molar-refractivity contribution < 1.29 is 19.1 Å². The summed E-state index contributed by atoms with van der Waals surface area (Å²) in [7, 11) is 1.57. The van der Waals surface area contributed by atoms with Gasteiger partial charge in [0.05, 0.1) is 18.7 Å². The molecule has 0 saturated heterocycles. The van der Waals surface area contributed by atoms with Crippen LogP contribution in [0.25, 0.3) is 0 Å². The van der Waals surface area contributed by atoms with Gasteiger partial charge in [-0.15, -0.1) is 11.3 Å². The number of aromatic nitrogens is 1. The molecule has 0 spiro atoms. The number of carbonyl (C=O) groups is 3. The molecule has 0 radical (unpaired) electrons. The summed E-state index contributed by atoms with van der Waals surface area (Å²) in [5.41, 5.74) is 1.16. The highest BCUT2D eigenvalue weighted by molar-refractivity contribution is 7.13. The van der Waals surface area contributed by atoms with Crippen LogP contribution in [0.2, 0.25) is 0 Å². The molecule has 2 aromatic rings. The van der Waals surface area contributed by atoms with Crippen molar-refractivity contribution in [3.05, 3.63) is 47.0 Å². The van der Waals surface area contributed by atoms with E-state index in [-0.39, 0.29) is 36.7 Å². The highest BCUT2D eigenvalue weighted by Gasteiger charge is 2.34. The number of rotatable bonds is 10. The fourth-order valence-electron chi connectivity index (χ4n) is 2.78. The fraction of sp³-hybridized carbons (Fsp3) is 0.400. The van der Waals surface area contributed by atoms with Crippen molar-refractivity contribution in [1.29, 1.82) is 0 Å². The Morgan fingerprint density at radius 2 is 1.97 bits per heavy atom. The molecule has 1 saturated carbocycles.